The molecule has 2 N–H and O–H groups in total. The van der Waals surface area contributed by atoms with Crippen molar-refractivity contribution in [1.29, 1.82) is 0 Å². The smallest absolute Gasteiger partial charge is 0.307 e. The van der Waals surface area contributed by atoms with E-state index in [0.717, 1.165) is 0 Å². The van der Waals surface area contributed by atoms with Crippen molar-refractivity contribution in [2.75, 3.05) is 23.0 Å². The molecule has 2 aromatic carbocycles. The first-order valence-electron chi connectivity index (χ1n) is 8.58. The molecule has 0 radical (unpaired) electrons. The zero-order chi connectivity index (χ0) is 22.3. The van der Waals surface area contributed by atoms with Crippen LogP contribution in [0.3, 0.4) is 0 Å². The molecule has 0 aliphatic heterocycles. The predicted octanol–water partition coefficient (Wildman–Crippen LogP) is 3.30. The molecule has 0 aliphatic rings. The Bertz CT molecular complexity index is 1060. The minimum atomic E-state index is -3.74. The van der Waals surface area contributed by atoms with E-state index < -0.39 is 40.5 Å². The molecule has 30 heavy (non-hydrogen) atoms. The van der Waals surface area contributed by atoms with Gasteiger partial charge in [0, 0.05) is 18.3 Å². The number of carbonyl (C=O) groups is 3. The maximum Gasteiger partial charge on any atom is 0.307 e. The summed E-state index contributed by atoms with van der Waals surface area (Å²) in [7, 11) is -3.74. The average Bonchev–Trinajstić information content (AvgIpc) is 2.68. The van der Waals surface area contributed by atoms with Gasteiger partial charge in [0.05, 0.1) is 27.1 Å². The monoisotopic (exact) mass is 472 g/mol. The molecule has 0 heterocycles. The first-order chi connectivity index (χ1) is 14.1. The van der Waals surface area contributed by atoms with Crippen molar-refractivity contribution in [3.63, 3.8) is 0 Å². The van der Waals surface area contributed by atoms with E-state index in [1.54, 1.807) is 0 Å². The van der Waals surface area contributed by atoms with Crippen LogP contribution in [0.1, 0.15) is 13.3 Å². The second kappa shape index (κ2) is 10.4. The van der Waals surface area contributed by atoms with Gasteiger partial charge in [-0.05, 0) is 42.5 Å². The zero-order valence-electron chi connectivity index (χ0n) is 15.8. The predicted molar refractivity (Wildman–Crippen MR) is 113 cm³/mol. The number of nitrogens with one attached hydrogen (secondary N) is 2. The normalized spacial score (nSPS) is 10.9. The number of sulfone groups is 1. The lowest BCUT2D eigenvalue weighted by atomic mass is 10.3. The molecule has 2 amide bonds. The van der Waals surface area contributed by atoms with Crippen LogP contribution in [0.25, 0.3) is 0 Å². The Morgan fingerprint density at radius 1 is 0.933 bits per heavy atom. The van der Waals surface area contributed by atoms with Gasteiger partial charge >= 0.3 is 5.97 Å². The number of hydrogen-bond acceptors (Lipinski definition) is 6. The van der Waals surface area contributed by atoms with Crippen LogP contribution in [-0.2, 0) is 29.0 Å². The summed E-state index contributed by atoms with van der Waals surface area (Å²) < 4.78 is 29.4. The van der Waals surface area contributed by atoms with Crippen LogP contribution in [0.5, 0.6) is 0 Å². The summed E-state index contributed by atoms with van der Waals surface area (Å²) in [6.45, 7) is 0.756. The van der Waals surface area contributed by atoms with E-state index in [-0.39, 0.29) is 15.8 Å². The topological polar surface area (TPSA) is 119 Å². The molecular formula is C19H18Cl2N2O6S. The van der Waals surface area contributed by atoms with Crippen molar-refractivity contribution >= 4 is 62.2 Å². The summed E-state index contributed by atoms with van der Waals surface area (Å²) in [5.41, 5.74) is 0.824. The van der Waals surface area contributed by atoms with E-state index in [2.05, 4.69) is 10.6 Å². The molecule has 0 saturated carbocycles. The van der Waals surface area contributed by atoms with Crippen molar-refractivity contribution in [1.82, 2.24) is 0 Å². The zero-order valence-corrected chi connectivity index (χ0v) is 18.1. The lowest BCUT2D eigenvalue weighted by molar-refractivity contribution is -0.146. The van der Waals surface area contributed by atoms with Crippen molar-refractivity contribution < 1.29 is 27.5 Å². The van der Waals surface area contributed by atoms with E-state index in [0.29, 0.717) is 16.4 Å². The molecule has 2 rings (SSSR count). The highest BCUT2D eigenvalue weighted by Gasteiger charge is 2.18. The minimum Gasteiger partial charge on any atom is -0.456 e. The molecule has 0 fully saturated rings. The van der Waals surface area contributed by atoms with Crippen molar-refractivity contribution in [3.8, 4) is 0 Å². The maximum absolute atomic E-state index is 12.3. The molecule has 0 aliphatic carbocycles. The van der Waals surface area contributed by atoms with Crippen molar-refractivity contribution in [2.24, 2.45) is 0 Å². The lowest BCUT2D eigenvalue weighted by Gasteiger charge is -2.08. The number of rotatable bonds is 8. The second-order valence-electron chi connectivity index (χ2n) is 6.11. The molecule has 8 nitrogen and oxygen atoms in total. The summed E-state index contributed by atoms with van der Waals surface area (Å²) in [6.07, 6.45) is -0.421. The van der Waals surface area contributed by atoms with Gasteiger partial charge in [-0.2, -0.15) is 0 Å². The fourth-order valence-corrected chi connectivity index (χ4v) is 3.79. The Morgan fingerprint density at radius 3 is 2.17 bits per heavy atom. The summed E-state index contributed by atoms with van der Waals surface area (Å²) in [6, 6.07) is 10.0. The Kier molecular flexibility index (Phi) is 8.22. The standard InChI is InChI=1S/C19H18Cl2N2O6S/c1-12(24)22-13-2-5-15(6-3-13)30(27,28)9-8-19(26)29-11-18(25)23-14-4-7-16(20)17(21)10-14/h2-7,10H,8-9,11H2,1H3,(H,22,24)(H,23,25). The van der Waals surface area contributed by atoms with E-state index in [4.69, 9.17) is 27.9 Å². The summed E-state index contributed by atoms with van der Waals surface area (Å²) in [5.74, 6) is -2.22. The van der Waals surface area contributed by atoms with E-state index in [9.17, 15) is 22.8 Å². The summed E-state index contributed by atoms with van der Waals surface area (Å²) in [4.78, 5) is 34.6. The third kappa shape index (κ3) is 7.33. The fourth-order valence-electron chi connectivity index (χ4n) is 2.27. The summed E-state index contributed by atoms with van der Waals surface area (Å²) >= 11 is 11.6. The van der Waals surface area contributed by atoms with Gasteiger partial charge < -0.3 is 15.4 Å². The van der Waals surface area contributed by atoms with E-state index >= 15 is 0 Å². The van der Waals surface area contributed by atoms with Crippen molar-refractivity contribution in [2.45, 2.75) is 18.2 Å². The Balaban J connectivity index is 1.82. The van der Waals surface area contributed by atoms with Gasteiger partial charge in [-0.25, -0.2) is 8.42 Å². The largest absolute Gasteiger partial charge is 0.456 e. The highest BCUT2D eigenvalue weighted by molar-refractivity contribution is 7.91. The number of carbonyl (C=O) groups excluding carboxylic acids is 3. The number of ether oxygens (including phenoxy) is 1. The number of halogens is 2. The maximum atomic E-state index is 12.3. The molecule has 0 bridgehead atoms. The van der Waals surface area contributed by atoms with Crippen LogP contribution in [0.2, 0.25) is 10.0 Å². The van der Waals surface area contributed by atoms with Gasteiger partial charge in [0.1, 0.15) is 0 Å². The molecule has 0 saturated heterocycles. The number of amides is 2. The first-order valence-corrected chi connectivity index (χ1v) is 11.0. The van der Waals surface area contributed by atoms with Gasteiger partial charge in [0.25, 0.3) is 5.91 Å². The molecule has 160 valence electrons. The third-order valence-corrected chi connectivity index (χ3v) is 6.15. The first kappa shape index (κ1) is 23.7. The fraction of sp³-hybridized carbons (Fsp3) is 0.211. The van der Waals surface area contributed by atoms with Crippen LogP contribution in [0, 0.1) is 0 Å². The van der Waals surface area contributed by atoms with Crippen LogP contribution >= 0.6 is 23.2 Å². The van der Waals surface area contributed by atoms with Gasteiger partial charge in [-0.1, -0.05) is 23.2 Å². The SMILES string of the molecule is CC(=O)Nc1ccc(S(=O)(=O)CCC(=O)OCC(=O)Nc2ccc(Cl)c(Cl)c2)cc1. The highest BCUT2D eigenvalue weighted by atomic mass is 35.5. The van der Waals surface area contributed by atoms with Crippen LogP contribution in [0.15, 0.2) is 47.4 Å². The molecule has 0 unspecified atom stereocenters. The van der Waals surface area contributed by atoms with Crippen LogP contribution in [-0.4, -0.2) is 38.6 Å². The Morgan fingerprint density at radius 2 is 1.57 bits per heavy atom. The van der Waals surface area contributed by atoms with Crippen LogP contribution < -0.4 is 10.6 Å². The van der Waals surface area contributed by atoms with Gasteiger partial charge in [0.2, 0.25) is 5.91 Å². The highest BCUT2D eigenvalue weighted by Crippen LogP contribution is 2.25. The quantitative estimate of drug-likeness (QED) is 0.568. The van der Waals surface area contributed by atoms with Gasteiger partial charge in [-0.3, -0.25) is 14.4 Å². The molecule has 11 heteroatoms. The number of benzene rings is 2. The molecule has 0 atom stereocenters. The van der Waals surface area contributed by atoms with E-state index in [1.165, 1.54) is 49.4 Å². The van der Waals surface area contributed by atoms with E-state index in [1.807, 2.05) is 0 Å². The molecular weight excluding hydrogens is 455 g/mol. The average molecular weight is 473 g/mol. The lowest BCUT2D eigenvalue weighted by Crippen LogP contribution is -2.22. The number of hydrogen-bond donors (Lipinski definition) is 2. The van der Waals surface area contributed by atoms with Gasteiger partial charge in [-0.15, -0.1) is 0 Å². The Hall–Kier alpha value is -2.62. The molecule has 0 spiro atoms. The Labute approximate surface area is 183 Å². The van der Waals surface area contributed by atoms with Crippen LogP contribution in [0.4, 0.5) is 11.4 Å². The third-order valence-electron chi connectivity index (χ3n) is 3.68. The second-order valence-corrected chi connectivity index (χ2v) is 9.04. The minimum absolute atomic E-state index is 0.00163. The number of esters is 1. The summed E-state index contributed by atoms with van der Waals surface area (Å²) in [5, 5.41) is 5.58. The van der Waals surface area contributed by atoms with Crippen molar-refractivity contribution in [3.05, 3.63) is 52.5 Å². The number of anilines is 2. The van der Waals surface area contributed by atoms with Gasteiger partial charge in [0.15, 0.2) is 16.4 Å². The molecule has 0 aromatic heterocycles. The molecule has 2 aromatic rings.